The average Bonchev–Trinajstić information content (AvgIpc) is 3.22. The SMILES string of the molecule is COc1ccccc1OCC(=O)Nc1nc(-c2ccc(C)s2)ns1. The first kappa shape index (κ1) is 16.4. The van der Waals surface area contributed by atoms with Crippen molar-refractivity contribution in [2.45, 2.75) is 6.92 Å². The maximum atomic E-state index is 12.0. The number of carbonyl (C=O) groups excluding carboxylic acids is 1. The highest BCUT2D eigenvalue weighted by molar-refractivity contribution is 7.15. The Morgan fingerprint density at radius 2 is 2.00 bits per heavy atom. The van der Waals surface area contributed by atoms with E-state index in [4.69, 9.17) is 9.47 Å². The number of para-hydroxylation sites is 2. The Labute approximate surface area is 147 Å². The van der Waals surface area contributed by atoms with Crippen LogP contribution in [0.1, 0.15) is 4.88 Å². The van der Waals surface area contributed by atoms with Gasteiger partial charge in [0.25, 0.3) is 5.91 Å². The molecule has 0 atom stereocenters. The Balaban J connectivity index is 1.58. The molecule has 0 spiro atoms. The first-order chi connectivity index (χ1) is 11.7. The normalized spacial score (nSPS) is 10.4. The summed E-state index contributed by atoms with van der Waals surface area (Å²) < 4.78 is 14.9. The summed E-state index contributed by atoms with van der Waals surface area (Å²) in [7, 11) is 1.55. The van der Waals surface area contributed by atoms with E-state index in [0.29, 0.717) is 22.5 Å². The predicted octanol–water partition coefficient (Wildman–Crippen LogP) is 3.60. The van der Waals surface area contributed by atoms with Gasteiger partial charge >= 0.3 is 0 Å². The molecule has 2 heterocycles. The minimum absolute atomic E-state index is 0.132. The van der Waals surface area contributed by atoms with Crippen LogP contribution in [0, 0.1) is 6.92 Å². The quantitative estimate of drug-likeness (QED) is 0.726. The van der Waals surface area contributed by atoms with Crippen LogP contribution in [-0.4, -0.2) is 29.0 Å². The summed E-state index contributed by atoms with van der Waals surface area (Å²) in [6.45, 7) is 1.89. The Hall–Kier alpha value is -2.45. The third-order valence-corrected chi connectivity index (χ3v) is 4.69. The Morgan fingerprint density at radius 3 is 2.71 bits per heavy atom. The molecule has 124 valence electrons. The number of hydrogen-bond donors (Lipinski definition) is 1. The predicted molar refractivity (Wildman–Crippen MR) is 95.1 cm³/mol. The van der Waals surface area contributed by atoms with E-state index in [-0.39, 0.29) is 12.5 Å². The number of rotatable bonds is 6. The maximum absolute atomic E-state index is 12.0. The number of aromatic nitrogens is 2. The zero-order valence-corrected chi connectivity index (χ0v) is 14.7. The molecule has 0 aliphatic heterocycles. The van der Waals surface area contributed by atoms with Crippen molar-refractivity contribution < 1.29 is 14.3 Å². The number of aryl methyl sites for hydroxylation is 1. The lowest BCUT2D eigenvalue weighted by molar-refractivity contribution is -0.118. The second kappa shape index (κ2) is 7.41. The van der Waals surface area contributed by atoms with Crippen LogP contribution in [-0.2, 0) is 4.79 Å². The van der Waals surface area contributed by atoms with Crippen LogP contribution in [0.3, 0.4) is 0 Å². The number of methoxy groups -OCH3 is 1. The summed E-state index contributed by atoms with van der Waals surface area (Å²) in [5.74, 6) is 1.42. The Morgan fingerprint density at radius 1 is 1.21 bits per heavy atom. The first-order valence-corrected chi connectivity index (χ1v) is 8.71. The molecule has 3 rings (SSSR count). The van der Waals surface area contributed by atoms with Crippen LogP contribution in [0.4, 0.5) is 5.13 Å². The molecule has 0 fully saturated rings. The van der Waals surface area contributed by atoms with Gasteiger partial charge in [0, 0.05) is 16.4 Å². The summed E-state index contributed by atoms with van der Waals surface area (Å²) in [5, 5.41) is 3.14. The van der Waals surface area contributed by atoms with E-state index in [0.717, 1.165) is 16.4 Å². The zero-order chi connectivity index (χ0) is 16.9. The number of benzene rings is 1. The molecule has 0 aliphatic carbocycles. The second-order valence-corrected chi connectivity index (χ2v) is 6.86. The Bertz CT molecular complexity index is 844. The number of nitrogens with zero attached hydrogens (tertiary/aromatic N) is 2. The highest BCUT2D eigenvalue weighted by Gasteiger charge is 2.12. The molecule has 0 saturated carbocycles. The standard InChI is InChI=1S/C16H15N3O3S2/c1-10-7-8-13(23-10)15-18-16(24-19-15)17-14(20)9-22-12-6-4-3-5-11(12)21-2/h3-8H,9H2,1-2H3,(H,17,18,19,20). The molecule has 8 heteroatoms. The van der Waals surface area contributed by atoms with Crippen LogP contribution < -0.4 is 14.8 Å². The lowest BCUT2D eigenvalue weighted by Crippen LogP contribution is -2.20. The lowest BCUT2D eigenvalue weighted by Gasteiger charge is -2.09. The lowest BCUT2D eigenvalue weighted by atomic mass is 10.3. The highest BCUT2D eigenvalue weighted by atomic mass is 32.1. The molecule has 6 nitrogen and oxygen atoms in total. The third kappa shape index (κ3) is 3.90. The van der Waals surface area contributed by atoms with Gasteiger partial charge in [-0.3, -0.25) is 10.1 Å². The zero-order valence-electron chi connectivity index (χ0n) is 13.1. The third-order valence-electron chi connectivity index (χ3n) is 3.06. The van der Waals surface area contributed by atoms with Gasteiger partial charge in [0.15, 0.2) is 23.9 Å². The molecule has 0 radical (unpaired) electrons. The average molecular weight is 361 g/mol. The molecule has 0 aliphatic rings. The van der Waals surface area contributed by atoms with Gasteiger partial charge in [0.05, 0.1) is 12.0 Å². The monoisotopic (exact) mass is 361 g/mol. The van der Waals surface area contributed by atoms with Crippen molar-refractivity contribution >= 4 is 33.9 Å². The van der Waals surface area contributed by atoms with Gasteiger partial charge in [-0.15, -0.1) is 11.3 Å². The molecule has 1 N–H and O–H groups in total. The number of nitrogens with one attached hydrogen (secondary N) is 1. The van der Waals surface area contributed by atoms with Crippen LogP contribution in [0.25, 0.3) is 10.7 Å². The van der Waals surface area contributed by atoms with Crippen molar-refractivity contribution in [3.63, 3.8) is 0 Å². The van der Waals surface area contributed by atoms with E-state index < -0.39 is 0 Å². The summed E-state index contributed by atoms with van der Waals surface area (Å²) in [6, 6.07) is 11.1. The van der Waals surface area contributed by atoms with Crippen molar-refractivity contribution in [3.8, 4) is 22.2 Å². The maximum Gasteiger partial charge on any atom is 0.264 e. The molecule has 0 unspecified atom stereocenters. The summed E-state index contributed by atoms with van der Waals surface area (Å²) in [4.78, 5) is 18.5. The molecular formula is C16H15N3O3S2. The topological polar surface area (TPSA) is 73.3 Å². The summed E-state index contributed by atoms with van der Waals surface area (Å²) >= 11 is 2.76. The molecule has 1 aromatic carbocycles. The molecule has 1 amide bonds. The van der Waals surface area contributed by atoms with E-state index in [1.807, 2.05) is 31.2 Å². The minimum atomic E-state index is -0.300. The largest absolute Gasteiger partial charge is 0.493 e. The van der Waals surface area contributed by atoms with Crippen LogP contribution in [0.5, 0.6) is 11.5 Å². The molecule has 2 aromatic heterocycles. The first-order valence-electron chi connectivity index (χ1n) is 7.12. The molecule has 3 aromatic rings. The number of carbonyl (C=O) groups is 1. The van der Waals surface area contributed by atoms with Crippen molar-refractivity contribution in [1.29, 1.82) is 0 Å². The molecule has 0 bridgehead atoms. The number of hydrogen-bond acceptors (Lipinski definition) is 7. The van der Waals surface area contributed by atoms with E-state index in [1.165, 1.54) is 4.88 Å². The van der Waals surface area contributed by atoms with E-state index in [1.54, 1.807) is 30.6 Å². The highest BCUT2D eigenvalue weighted by Crippen LogP contribution is 2.28. The fourth-order valence-electron chi connectivity index (χ4n) is 1.97. The Kier molecular flexibility index (Phi) is 5.07. The van der Waals surface area contributed by atoms with Gasteiger partial charge in [-0.2, -0.15) is 9.36 Å². The van der Waals surface area contributed by atoms with Gasteiger partial charge < -0.3 is 9.47 Å². The number of thiophene rings is 1. The molecule has 0 saturated heterocycles. The number of anilines is 1. The smallest absolute Gasteiger partial charge is 0.264 e. The van der Waals surface area contributed by atoms with Crippen molar-refractivity contribution in [2.24, 2.45) is 0 Å². The van der Waals surface area contributed by atoms with Crippen LogP contribution in [0.15, 0.2) is 36.4 Å². The summed E-state index contributed by atoms with van der Waals surface area (Å²) in [6.07, 6.45) is 0. The van der Waals surface area contributed by atoms with E-state index in [2.05, 4.69) is 14.7 Å². The van der Waals surface area contributed by atoms with Gasteiger partial charge in [-0.05, 0) is 31.2 Å². The van der Waals surface area contributed by atoms with Crippen molar-refractivity contribution in [2.75, 3.05) is 19.0 Å². The number of ether oxygens (including phenoxy) is 2. The summed E-state index contributed by atoms with van der Waals surface area (Å²) in [5.41, 5.74) is 0. The van der Waals surface area contributed by atoms with Crippen molar-refractivity contribution in [1.82, 2.24) is 9.36 Å². The van der Waals surface area contributed by atoms with Crippen LogP contribution in [0.2, 0.25) is 0 Å². The van der Waals surface area contributed by atoms with Crippen LogP contribution >= 0.6 is 22.9 Å². The number of amides is 1. The van der Waals surface area contributed by atoms with E-state index >= 15 is 0 Å². The minimum Gasteiger partial charge on any atom is -0.493 e. The van der Waals surface area contributed by atoms with E-state index in [9.17, 15) is 4.79 Å². The fourth-order valence-corrected chi connectivity index (χ4v) is 3.42. The molecular weight excluding hydrogens is 346 g/mol. The van der Waals surface area contributed by atoms with Gasteiger partial charge in [0.2, 0.25) is 5.13 Å². The van der Waals surface area contributed by atoms with Gasteiger partial charge in [0.1, 0.15) is 0 Å². The second-order valence-electron chi connectivity index (χ2n) is 4.82. The van der Waals surface area contributed by atoms with Gasteiger partial charge in [-0.1, -0.05) is 12.1 Å². The molecule has 24 heavy (non-hydrogen) atoms. The van der Waals surface area contributed by atoms with Crippen molar-refractivity contribution in [3.05, 3.63) is 41.3 Å². The fraction of sp³-hybridized carbons (Fsp3) is 0.188. The van der Waals surface area contributed by atoms with Gasteiger partial charge in [-0.25, -0.2) is 0 Å².